The van der Waals surface area contributed by atoms with Crippen molar-refractivity contribution in [2.45, 2.75) is 51.3 Å². The summed E-state index contributed by atoms with van der Waals surface area (Å²) in [6.45, 7) is 8.08. The van der Waals surface area contributed by atoms with Gasteiger partial charge < -0.3 is 20.6 Å². The molecule has 5 nitrogen and oxygen atoms in total. The van der Waals surface area contributed by atoms with E-state index in [0.29, 0.717) is 13.0 Å². The molecular weight excluding hydrogens is 242 g/mol. The SMILES string of the molecule is CC1CCCN(CC(C)NC(=O)C2CC(O)CN2)C1. The van der Waals surface area contributed by atoms with Crippen LogP contribution in [0.15, 0.2) is 0 Å². The fourth-order valence-electron chi connectivity index (χ4n) is 3.15. The summed E-state index contributed by atoms with van der Waals surface area (Å²) in [6, 6.07) is -0.0601. The third-order valence-corrected chi connectivity index (χ3v) is 4.09. The molecule has 2 heterocycles. The molecule has 19 heavy (non-hydrogen) atoms. The molecule has 0 aromatic rings. The number of aliphatic hydroxyl groups is 1. The van der Waals surface area contributed by atoms with Crippen molar-refractivity contribution < 1.29 is 9.90 Å². The molecule has 2 saturated heterocycles. The van der Waals surface area contributed by atoms with E-state index < -0.39 is 0 Å². The molecule has 0 aromatic heterocycles. The van der Waals surface area contributed by atoms with Crippen molar-refractivity contribution in [1.29, 1.82) is 0 Å². The van der Waals surface area contributed by atoms with Crippen LogP contribution in [0.5, 0.6) is 0 Å². The van der Waals surface area contributed by atoms with Gasteiger partial charge in [-0.15, -0.1) is 0 Å². The molecule has 1 amide bonds. The van der Waals surface area contributed by atoms with Crippen LogP contribution in [0.1, 0.15) is 33.1 Å². The number of rotatable bonds is 4. The average molecular weight is 269 g/mol. The minimum absolute atomic E-state index is 0.0223. The zero-order valence-corrected chi connectivity index (χ0v) is 12.1. The van der Waals surface area contributed by atoms with Crippen LogP contribution >= 0.6 is 0 Å². The van der Waals surface area contributed by atoms with E-state index in [1.807, 2.05) is 0 Å². The van der Waals surface area contributed by atoms with Crippen LogP contribution in [0.2, 0.25) is 0 Å². The number of hydrogen-bond donors (Lipinski definition) is 3. The first kappa shape index (κ1) is 14.8. The molecule has 0 spiro atoms. The Morgan fingerprint density at radius 1 is 1.58 bits per heavy atom. The van der Waals surface area contributed by atoms with Crippen molar-refractivity contribution in [3.8, 4) is 0 Å². The van der Waals surface area contributed by atoms with Crippen molar-refractivity contribution in [1.82, 2.24) is 15.5 Å². The molecule has 3 N–H and O–H groups in total. The lowest BCUT2D eigenvalue weighted by Gasteiger charge is -2.33. The molecule has 2 aliphatic rings. The van der Waals surface area contributed by atoms with Crippen molar-refractivity contribution in [2.75, 3.05) is 26.2 Å². The predicted octanol–water partition coefficient (Wildman–Crippen LogP) is -0.0542. The van der Waals surface area contributed by atoms with Gasteiger partial charge in [-0.1, -0.05) is 6.92 Å². The van der Waals surface area contributed by atoms with Gasteiger partial charge in [-0.2, -0.15) is 0 Å². The molecule has 2 fully saturated rings. The standard InChI is InChI=1S/C14H27N3O2/c1-10-4-3-5-17(8-10)9-11(2)16-14(19)13-6-12(18)7-15-13/h10-13,15,18H,3-9H2,1-2H3,(H,16,19). The highest BCUT2D eigenvalue weighted by molar-refractivity contribution is 5.82. The zero-order chi connectivity index (χ0) is 13.8. The van der Waals surface area contributed by atoms with Crippen LogP contribution in [0.25, 0.3) is 0 Å². The van der Waals surface area contributed by atoms with E-state index in [9.17, 15) is 9.90 Å². The Morgan fingerprint density at radius 3 is 3.00 bits per heavy atom. The van der Waals surface area contributed by atoms with E-state index in [0.717, 1.165) is 25.6 Å². The second kappa shape index (κ2) is 6.68. The fourth-order valence-corrected chi connectivity index (χ4v) is 3.15. The molecule has 4 atom stereocenters. The summed E-state index contributed by atoms with van der Waals surface area (Å²) < 4.78 is 0. The second-order valence-electron chi connectivity index (χ2n) is 6.27. The molecule has 0 aromatic carbocycles. The topological polar surface area (TPSA) is 64.6 Å². The highest BCUT2D eigenvalue weighted by Gasteiger charge is 2.29. The Balaban J connectivity index is 1.71. The number of β-amino-alcohol motifs (C(OH)–C–C–N with tert-alkyl or cyclic N) is 1. The largest absolute Gasteiger partial charge is 0.392 e. The number of carbonyl (C=O) groups excluding carboxylic acids is 1. The number of nitrogens with zero attached hydrogens (tertiary/aromatic N) is 1. The lowest BCUT2D eigenvalue weighted by Crippen LogP contribution is -2.49. The summed E-state index contributed by atoms with van der Waals surface area (Å²) in [5.74, 6) is 0.789. The van der Waals surface area contributed by atoms with Crippen molar-refractivity contribution in [2.24, 2.45) is 5.92 Å². The number of aliphatic hydroxyl groups excluding tert-OH is 1. The molecule has 5 heteroatoms. The second-order valence-corrected chi connectivity index (χ2v) is 6.27. The Kier molecular flexibility index (Phi) is 5.19. The van der Waals surface area contributed by atoms with Gasteiger partial charge >= 0.3 is 0 Å². The van der Waals surface area contributed by atoms with Gasteiger partial charge in [0.15, 0.2) is 0 Å². The Labute approximate surface area is 115 Å². The van der Waals surface area contributed by atoms with Crippen LogP contribution in [0.3, 0.4) is 0 Å². The molecular formula is C14H27N3O2. The Hall–Kier alpha value is -0.650. The summed E-state index contributed by atoms with van der Waals surface area (Å²) in [7, 11) is 0. The van der Waals surface area contributed by atoms with Crippen LogP contribution < -0.4 is 10.6 Å². The number of hydrogen-bond acceptors (Lipinski definition) is 4. The van der Waals surface area contributed by atoms with Crippen molar-refractivity contribution >= 4 is 5.91 Å². The highest BCUT2D eigenvalue weighted by Crippen LogP contribution is 2.15. The summed E-state index contributed by atoms with van der Waals surface area (Å²) in [5, 5.41) is 15.5. The molecule has 4 unspecified atom stereocenters. The fraction of sp³-hybridized carbons (Fsp3) is 0.929. The Bertz CT molecular complexity index is 311. The quantitative estimate of drug-likeness (QED) is 0.669. The molecule has 2 rings (SSSR count). The van der Waals surface area contributed by atoms with Gasteiger partial charge in [0.1, 0.15) is 0 Å². The summed E-state index contributed by atoms with van der Waals surface area (Å²) >= 11 is 0. The van der Waals surface area contributed by atoms with Gasteiger partial charge in [0.05, 0.1) is 12.1 Å². The number of amides is 1. The van der Waals surface area contributed by atoms with E-state index in [1.54, 1.807) is 0 Å². The smallest absolute Gasteiger partial charge is 0.237 e. The lowest BCUT2D eigenvalue weighted by molar-refractivity contribution is -0.123. The first-order valence-corrected chi connectivity index (χ1v) is 7.48. The van der Waals surface area contributed by atoms with Crippen LogP contribution in [0, 0.1) is 5.92 Å². The van der Waals surface area contributed by atoms with Crippen molar-refractivity contribution in [3.05, 3.63) is 0 Å². The molecule has 0 aliphatic carbocycles. The average Bonchev–Trinajstić information content (AvgIpc) is 2.75. The zero-order valence-electron chi connectivity index (χ0n) is 12.1. The van der Waals surface area contributed by atoms with E-state index in [1.165, 1.54) is 12.8 Å². The maximum Gasteiger partial charge on any atom is 0.237 e. The first-order chi connectivity index (χ1) is 9.04. The molecule has 0 saturated carbocycles. The van der Waals surface area contributed by atoms with Gasteiger partial charge in [-0.25, -0.2) is 0 Å². The third kappa shape index (κ3) is 4.44. The monoisotopic (exact) mass is 269 g/mol. The molecule has 2 aliphatic heterocycles. The van der Waals surface area contributed by atoms with Gasteiger partial charge in [0.2, 0.25) is 5.91 Å². The predicted molar refractivity (Wildman–Crippen MR) is 74.9 cm³/mol. The van der Waals surface area contributed by atoms with Gasteiger partial charge in [-0.05, 0) is 38.6 Å². The summed E-state index contributed by atoms with van der Waals surface area (Å²) in [4.78, 5) is 14.4. The van der Waals surface area contributed by atoms with E-state index in [4.69, 9.17) is 0 Å². The van der Waals surface area contributed by atoms with Gasteiger partial charge in [-0.3, -0.25) is 4.79 Å². The number of piperidine rings is 1. The summed E-state index contributed by atoms with van der Waals surface area (Å²) in [5.41, 5.74) is 0. The van der Waals surface area contributed by atoms with E-state index in [-0.39, 0.29) is 24.1 Å². The van der Waals surface area contributed by atoms with E-state index in [2.05, 4.69) is 29.4 Å². The summed E-state index contributed by atoms with van der Waals surface area (Å²) in [6.07, 6.45) is 2.73. The molecule has 110 valence electrons. The van der Waals surface area contributed by atoms with E-state index >= 15 is 0 Å². The minimum atomic E-state index is -0.381. The van der Waals surface area contributed by atoms with Gasteiger partial charge in [0, 0.05) is 25.7 Å². The maximum atomic E-state index is 12.0. The first-order valence-electron chi connectivity index (χ1n) is 7.48. The molecule has 0 radical (unpaired) electrons. The Morgan fingerprint density at radius 2 is 2.37 bits per heavy atom. The number of carbonyl (C=O) groups is 1. The van der Waals surface area contributed by atoms with Crippen LogP contribution in [-0.4, -0.2) is 60.3 Å². The number of likely N-dealkylation sites (tertiary alicyclic amines) is 1. The third-order valence-electron chi connectivity index (χ3n) is 4.09. The minimum Gasteiger partial charge on any atom is -0.392 e. The number of nitrogens with one attached hydrogen (secondary N) is 2. The lowest BCUT2D eigenvalue weighted by atomic mass is 10.00. The van der Waals surface area contributed by atoms with Gasteiger partial charge in [0.25, 0.3) is 0 Å². The maximum absolute atomic E-state index is 12.0. The van der Waals surface area contributed by atoms with Crippen LogP contribution in [0.4, 0.5) is 0 Å². The van der Waals surface area contributed by atoms with Crippen LogP contribution in [-0.2, 0) is 4.79 Å². The normalized spacial score (nSPS) is 34.2. The van der Waals surface area contributed by atoms with Crippen molar-refractivity contribution in [3.63, 3.8) is 0 Å². The molecule has 0 bridgehead atoms. The highest BCUT2D eigenvalue weighted by atomic mass is 16.3.